The van der Waals surface area contributed by atoms with Gasteiger partial charge in [-0.3, -0.25) is 4.79 Å². The molecule has 110 valence electrons. The molecule has 0 aliphatic carbocycles. The maximum atomic E-state index is 12.6. The van der Waals surface area contributed by atoms with Gasteiger partial charge in [0.1, 0.15) is 0 Å². The van der Waals surface area contributed by atoms with E-state index in [0.717, 1.165) is 37.1 Å². The van der Waals surface area contributed by atoms with Gasteiger partial charge in [-0.1, -0.05) is 22.9 Å². The van der Waals surface area contributed by atoms with Crippen LogP contribution in [0.25, 0.3) is 0 Å². The molecule has 2 heterocycles. The van der Waals surface area contributed by atoms with E-state index < -0.39 is 0 Å². The monoisotopic (exact) mass is 284 g/mol. The highest BCUT2D eigenvalue weighted by Gasteiger charge is 2.25. The molecule has 3 rings (SSSR count). The first-order valence-electron chi connectivity index (χ1n) is 7.37. The highest BCUT2D eigenvalue weighted by atomic mass is 16.2. The van der Waals surface area contributed by atoms with Gasteiger partial charge in [-0.15, -0.1) is 5.10 Å². The first kappa shape index (κ1) is 13.8. The van der Waals surface area contributed by atoms with Crippen LogP contribution in [0.2, 0.25) is 0 Å². The Morgan fingerprint density at radius 2 is 2.00 bits per heavy atom. The molecule has 1 aliphatic rings. The van der Waals surface area contributed by atoms with Gasteiger partial charge < -0.3 is 4.90 Å². The van der Waals surface area contributed by atoms with E-state index in [2.05, 4.69) is 16.4 Å². The smallest absolute Gasteiger partial charge is 0.254 e. The molecule has 1 fully saturated rings. The first-order chi connectivity index (χ1) is 10.1. The fourth-order valence-electron chi connectivity index (χ4n) is 2.97. The summed E-state index contributed by atoms with van der Waals surface area (Å²) in [6.45, 7) is 5.60. The van der Waals surface area contributed by atoms with Gasteiger partial charge in [0.25, 0.3) is 5.91 Å². The number of aromatic nitrogens is 3. The van der Waals surface area contributed by atoms with Crippen molar-refractivity contribution in [1.82, 2.24) is 19.9 Å². The summed E-state index contributed by atoms with van der Waals surface area (Å²) in [5, 5.41) is 7.91. The van der Waals surface area contributed by atoms with Crippen LogP contribution in [0.1, 0.15) is 40.4 Å². The third-order valence-electron chi connectivity index (χ3n) is 4.18. The number of amides is 1. The Morgan fingerprint density at radius 3 is 2.62 bits per heavy atom. The molecule has 0 atom stereocenters. The van der Waals surface area contributed by atoms with Crippen molar-refractivity contribution in [3.63, 3.8) is 0 Å². The lowest BCUT2D eigenvalue weighted by Crippen LogP contribution is -2.39. The van der Waals surface area contributed by atoms with E-state index in [1.165, 1.54) is 5.56 Å². The lowest BCUT2D eigenvalue weighted by Gasteiger charge is -2.32. The van der Waals surface area contributed by atoms with Gasteiger partial charge in [-0.25, -0.2) is 4.68 Å². The molecule has 2 aromatic rings. The zero-order chi connectivity index (χ0) is 14.8. The number of hydrogen-bond donors (Lipinski definition) is 0. The maximum Gasteiger partial charge on any atom is 0.254 e. The van der Waals surface area contributed by atoms with Crippen molar-refractivity contribution in [2.45, 2.75) is 32.7 Å². The Hall–Kier alpha value is -2.17. The number of aryl methyl sites for hydroxylation is 2. The Morgan fingerprint density at radius 1 is 1.24 bits per heavy atom. The second-order valence-corrected chi connectivity index (χ2v) is 5.72. The molecular weight excluding hydrogens is 264 g/mol. The number of carbonyl (C=O) groups is 1. The molecule has 0 radical (unpaired) electrons. The molecule has 1 aromatic heterocycles. The predicted octanol–water partition coefficient (Wildman–Crippen LogP) is 2.37. The number of carbonyl (C=O) groups excluding carboxylic acids is 1. The van der Waals surface area contributed by atoms with Crippen molar-refractivity contribution >= 4 is 5.91 Å². The van der Waals surface area contributed by atoms with E-state index in [4.69, 9.17) is 0 Å². The molecule has 1 aromatic carbocycles. The topological polar surface area (TPSA) is 51.0 Å². The minimum absolute atomic E-state index is 0.143. The van der Waals surface area contributed by atoms with Gasteiger partial charge >= 0.3 is 0 Å². The van der Waals surface area contributed by atoms with Crippen LogP contribution in [0.15, 0.2) is 30.6 Å². The molecule has 0 N–H and O–H groups in total. The predicted molar refractivity (Wildman–Crippen MR) is 80.1 cm³/mol. The van der Waals surface area contributed by atoms with E-state index in [9.17, 15) is 4.79 Å². The van der Waals surface area contributed by atoms with E-state index in [0.29, 0.717) is 6.04 Å². The molecule has 0 saturated carbocycles. The van der Waals surface area contributed by atoms with E-state index in [1.807, 2.05) is 41.8 Å². The van der Waals surface area contributed by atoms with Crippen LogP contribution < -0.4 is 0 Å². The molecule has 1 aliphatic heterocycles. The second kappa shape index (κ2) is 5.68. The molecule has 0 spiro atoms. The lowest BCUT2D eigenvalue weighted by molar-refractivity contribution is 0.0688. The Bertz CT molecular complexity index is 628. The summed E-state index contributed by atoms with van der Waals surface area (Å²) in [5.74, 6) is 0.143. The number of nitrogens with zero attached hydrogens (tertiary/aromatic N) is 4. The number of hydrogen-bond acceptors (Lipinski definition) is 3. The van der Waals surface area contributed by atoms with Crippen LogP contribution in [-0.2, 0) is 0 Å². The molecule has 1 saturated heterocycles. The third-order valence-corrected chi connectivity index (χ3v) is 4.18. The van der Waals surface area contributed by atoms with Crippen LogP contribution in [-0.4, -0.2) is 38.9 Å². The van der Waals surface area contributed by atoms with Crippen LogP contribution in [0, 0.1) is 13.8 Å². The van der Waals surface area contributed by atoms with Crippen LogP contribution >= 0.6 is 0 Å². The Kier molecular flexibility index (Phi) is 3.73. The lowest BCUT2D eigenvalue weighted by atomic mass is 10.0. The number of likely N-dealkylation sites (tertiary alicyclic amines) is 1. The van der Waals surface area contributed by atoms with E-state index >= 15 is 0 Å². The standard InChI is InChI=1S/C16H20N4O/c1-12-3-4-15(13(2)11-12)16(21)19-8-5-14(6-9-19)20-10-7-17-18-20/h3-4,7,10-11,14H,5-6,8-9H2,1-2H3. The van der Waals surface area contributed by atoms with E-state index in [1.54, 1.807) is 6.20 Å². The summed E-state index contributed by atoms with van der Waals surface area (Å²) in [6, 6.07) is 6.37. The summed E-state index contributed by atoms with van der Waals surface area (Å²) >= 11 is 0. The van der Waals surface area contributed by atoms with Crippen molar-refractivity contribution in [2.75, 3.05) is 13.1 Å². The van der Waals surface area contributed by atoms with Gasteiger partial charge in [0.2, 0.25) is 0 Å². The molecule has 0 unspecified atom stereocenters. The maximum absolute atomic E-state index is 12.6. The quantitative estimate of drug-likeness (QED) is 0.850. The number of rotatable bonds is 2. The molecule has 5 nitrogen and oxygen atoms in total. The minimum Gasteiger partial charge on any atom is -0.338 e. The summed E-state index contributed by atoms with van der Waals surface area (Å²) < 4.78 is 1.90. The average molecular weight is 284 g/mol. The Labute approximate surface area is 124 Å². The van der Waals surface area contributed by atoms with Gasteiger partial charge in [-0.05, 0) is 38.3 Å². The molecular formula is C16H20N4O. The fourth-order valence-corrected chi connectivity index (χ4v) is 2.97. The van der Waals surface area contributed by atoms with Crippen LogP contribution in [0.3, 0.4) is 0 Å². The van der Waals surface area contributed by atoms with Gasteiger partial charge in [0.15, 0.2) is 0 Å². The zero-order valence-corrected chi connectivity index (χ0v) is 12.5. The SMILES string of the molecule is Cc1ccc(C(=O)N2CCC(n3ccnn3)CC2)c(C)c1. The highest BCUT2D eigenvalue weighted by Crippen LogP contribution is 2.23. The molecule has 5 heteroatoms. The Balaban J connectivity index is 1.67. The van der Waals surface area contributed by atoms with Crippen LogP contribution in [0.4, 0.5) is 0 Å². The summed E-state index contributed by atoms with van der Waals surface area (Å²) in [4.78, 5) is 14.6. The number of piperidine rings is 1. The third kappa shape index (κ3) is 2.82. The van der Waals surface area contributed by atoms with E-state index in [-0.39, 0.29) is 5.91 Å². The highest BCUT2D eigenvalue weighted by molar-refractivity contribution is 5.95. The largest absolute Gasteiger partial charge is 0.338 e. The molecule has 21 heavy (non-hydrogen) atoms. The van der Waals surface area contributed by atoms with Gasteiger partial charge in [-0.2, -0.15) is 0 Å². The summed E-state index contributed by atoms with van der Waals surface area (Å²) in [6.07, 6.45) is 5.46. The van der Waals surface area contributed by atoms with Crippen molar-refractivity contribution < 1.29 is 4.79 Å². The summed E-state index contributed by atoms with van der Waals surface area (Å²) in [7, 11) is 0. The van der Waals surface area contributed by atoms with Gasteiger partial charge in [0.05, 0.1) is 12.2 Å². The molecule has 0 bridgehead atoms. The molecule has 1 amide bonds. The summed E-state index contributed by atoms with van der Waals surface area (Å²) in [5.41, 5.74) is 3.06. The minimum atomic E-state index is 0.143. The fraction of sp³-hybridized carbons (Fsp3) is 0.438. The van der Waals surface area contributed by atoms with Crippen molar-refractivity contribution in [1.29, 1.82) is 0 Å². The zero-order valence-electron chi connectivity index (χ0n) is 12.5. The van der Waals surface area contributed by atoms with Gasteiger partial charge in [0, 0.05) is 24.8 Å². The first-order valence-corrected chi connectivity index (χ1v) is 7.37. The van der Waals surface area contributed by atoms with Crippen LogP contribution in [0.5, 0.6) is 0 Å². The second-order valence-electron chi connectivity index (χ2n) is 5.72. The number of benzene rings is 1. The van der Waals surface area contributed by atoms with Crippen molar-refractivity contribution in [3.8, 4) is 0 Å². The normalized spacial score (nSPS) is 16.2. The van der Waals surface area contributed by atoms with Crippen molar-refractivity contribution in [3.05, 3.63) is 47.3 Å². The average Bonchev–Trinajstić information content (AvgIpc) is 3.01. The van der Waals surface area contributed by atoms with Crippen molar-refractivity contribution in [2.24, 2.45) is 0 Å².